The number of hydrogen-bond acceptors (Lipinski definition) is 5. The van der Waals surface area contributed by atoms with Crippen LogP contribution >= 0.6 is 15.9 Å². The summed E-state index contributed by atoms with van der Waals surface area (Å²) in [5.74, 6) is -1.47. The quantitative estimate of drug-likeness (QED) is 0.581. The summed E-state index contributed by atoms with van der Waals surface area (Å²) in [7, 11) is 1.62. The van der Waals surface area contributed by atoms with Crippen LogP contribution in [0, 0.1) is 0 Å². The summed E-state index contributed by atoms with van der Waals surface area (Å²) in [5.41, 5.74) is 0.871. The third-order valence-corrected chi connectivity index (χ3v) is 4.73. The fourth-order valence-electron chi connectivity index (χ4n) is 2.48. The van der Waals surface area contributed by atoms with Gasteiger partial charge in [-0.1, -0.05) is 46.3 Å². The first-order chi connectivity index (χ1) is 13.0. The number of benzene rings is 2. The van der Waals surface area contributed by atoms with Crippen molar-refractivity contribution in [1.82, 2.24) is 4.90 Å². The number of carbonyl (C=O) groups excluding carboxylic acids is 2. The molecule has 0 saturated heterocycles. The minimum atomic E-state index is -0.861. The van der Waals surface area contributed by atoms with Gasteiger partial charge in [0.05, 0.1) is 5.39 Å². The largest absolute Gasteiger partial charge is 0.450 e. The van der Waals surface area contributed by atoms with Crippen LogP contribution in [0.1, 0.15) is 16.1 Å². The first-order valence-corrected chi connectivity index (χ1v) is 8.92. The standard InChI is InChI=1S/C20H16BrNO5/c1-22(11-13-6-2-4-8-15(13)21)19(24)12-26-20(25)18-10-16(23)14-7-3-5-9-17(14)27-18/h2-10H,11-12H2,1H3. The van der Waals surface area contributed by atoms with Crippen molar-refractivity contribution in [3.63, 3.8) is 0 Å². The Bertz CT molecular complexity index is 1060. The molecule has 1 heterocycles. The lowest BCUT2D eigenvalue weighted by Crippen LogP contribution is -2.31. The molecule has 0 aliphatic rings. The summed E-state index contributed by atoms with van der Waals surface area (Å²) >= 11 is 3.43. The van der Waals surface area contributed by atoms with Gasteiger partial charge in [0.2, 0.25) is 5.76 Å². The summed E-state index contributed by atoms with van der Waals surface area (Å²) in [6, 6.07) is 15.2. The third kappa shape index (κ3) is 4.43. The van der Waals surface area contributed by atoms with Gasteiger partial charge in [-0.3, -0.25) is 9.59 Å². The average Bonchev–Trinajstić information content (AvgIpc) is 2.67. The Morgan fingerprint density at radius 3 is 2.59 bits per heavy atom. The molecule has 1 amide bonds. The molecule has 1 aromatic heterocycles. The van der Waals surface area contributed by atoms with Crippen LogP contribution in [0.15, 0.2) is 68.3 Å². The molecule has 0 aliphatic heterocycles. The smallest absolute Gasteiger partial charge is 0.374 e. The van der Waals surface area contributed by atoms with Crippen LogP contribution in [0.3, 0.4) is 0 Å². The number of fused-ring (bicyclic) bond motifs is 1. The maximum Gasteiger partial charge on any atom is 0.374 e. The van der Waals surface area contributed by atoms with Crippen LogP contribution in [-0.2, 0) is 16.1 Å². The van der Waals surface area contributed by atoms with Gasteiger partial charge in [-0.05, 0) is 23.8 Å². The molecule has 0 unspecified atom stereocenters. The van der Waals surface area contributed by atoms with Crippen LogP contribution in [0.25, 0.3) is 11.0 Å². The Labute approximate surface area is 163 Å². The van der Waals surface area contributed by atoms with E-state index in [-0.39, 0.29) is 22.7 Å². The number of ether oxygens (including phenoxy) is 1. The molecule has 0 spiro atoms. The number of halogens is 1. The molecule has 0 aliphatic carbocycles. The summed E-state index contributed by atoms with van der Waals surface area (Å²) in [6.45, 7) is -0.0841. The van der Waals surface area contributed by atoms with Crippen LogP contribution in [0.4, 0.5) is 0 Å². The number of nitrogens with zero attached hydrogens (tertiary/aromatic N) is 1. The molecule has 0 N–H and O–H groups in total. The summed E-state index contributed by atoms with van der Waals surface area (Å²) in [5, 5.41) is 0.373. The van der Waals surface area contributed by atoms with E-state index in [0.717, 1.165) is 16.1 Å². The summed E-state index contributed by atoms with van der Waals surface area (Å²) < 4.78 is 11.3. The van der Waals surface area contributed by atoms with Crippen LogP contribution in [0.2, 0.25) is 0 Å². The number of amides is 1. The molecule has 0 fully saturated rings. The Hall–Kier alpha value is -2.93. The zero-order chi connectivity index (χ0) is 19.4. The zero-order valence-corrected chi connectivity index (χ0v) is 16.1. The van der Waals surface area contributed by atoms with E-state index in [1.165, 1.54) is 4.90 Å². The normalized spacial score (nSPS) is 10.6. The monoisotopic (exact) mass is 429 g/mol. The fraction of sp³-hybridized carbons (Fsp3) is 0.150. The fourth-order valence-corrected chi connectivity index (χ4v) is 2.89. The van der Waals surface area contributed by atoms with E-state index >= 15 is 0 Å². The van der Waals surface area contributed by atoms with Crippen molar-refractivity contribution in [1.29, 1.82) is 0 Å². The molecule has 3 rings (SSSR count). The van der Waals surface area contributed by atoms with E-state index in [1.54, 1.807) is 31.3 Å². The highest BCUT2D eigenvalue weighted by molar-refractivity contribution is 9.10. The Balaban J connectivity index is 1.64. The Morgan fingerprint density at radius 1 is 1.11 bits per heavy atom. The van der Waals surface area contributed by atoms with Crippen molar-refractivity contribution in [2.24, 2.45) is 0 Å². The van der Waals surface area contributed by atoms with Gasteiger partial charge in [0.1, 0.15) is 5.58 Å². The van der Waals surface area contributed by atoms with Gasteiger partial charge in [0.25, 0.3) is 5.91 Å². The van der Waals surface area contributed by atoms with Gasteiger partial charge >= 0.3 is 5.97 Å². The summed E-state index contributed by atoms with van der Waals surface area (Å²) in [4.78, 5) is 37.8. The second-order valence-electron chi connectivity index (χ2n) is 5.89. The number of para-hydroxylation sites is 1. The van der Waals surface area contributed by atoms with Crippen molar-refractivity contribution < 1.29 is 18.7 Å². The predicted octanol–water partition coefficient (Wildman–Crippen LogP) is 3.37. The molecule has 2 aromatic carbocycles. The number of likely N-dealkylation sites (N-methyl/N-ethyl adjacent to an activating group) is 1. The van der Waals surface area contributed by atoms with E-state index in [1.807, 2.05) is 24.3 Å². The SMILES string of the molecule is CN(Cc1ccccc1Br)C(=O)COC(=O)c1cc(=O)c2ccccc2o1. The van der Waals surface area contributed by atoms with Crippen molar-refractivity contribution in [2.45, 2.75) is 6.54 Å². The topological polar surface area (TPSA) is 76.8 Å². The van der Waals surface area contributed by atoms with E-state index < -0.39 is 12.6 Å². The minimum Gasteiger partial charge on any atom is -0.450 e. The van der Waals surface area contributed by atoms with Gasteiger partial charge < -0.3 is 14.1 Å². The zero-order valence-electron chi connectivity index (χ0n) is 14.5. The lowest BCUT2D eigenvalue weighted by atomic mass is 10.2. The molecular formula is C20H16BrNO5. The highest BCUT2D eigenvalue weighted by Crippen LogP contribution is 2.17. The Morgan fingerprint density at radius 2 is 1.81 bits per heavy atom. The molecule has 27 heavy (non-hydrogen) atoms. The maximum absolute atomic E-state index is 12.2. The summed E-state index contributed by atoms with van der Waals surface area (Å²) in [6.07, 6.45) is 0. The van der Waals surface area contributed by atoms with E-state index in [4.69, 9.17) is 9.15 Å². The van der Waals surface area contributed by atoms with Crippen molar-refractivity contribution in [2.75, 3.05) is 13.7 Å². The highest BCUT2D eigenvalue weighted by atomic mass is 79.9. The van der Waals surface area contributed by atoms with Gasteiger partial charge in [-0.2, -0.15) is 0 Å². The number of rotatable bonds is 5. The Kier molecular flexibility index (Phi) is 5.71. The van der Waals surface area contributed by atoms with Crippen molar-refractivity contribution in [3.05, 3.63) is 80.6 Å². The second-order valence-corrected chi connectivity index (χ2v) is 6.74. The third-order valence-electron chi connectivity index (χ3n) is 3.95. The molecule has 0 bridgehead atoms. The van der Waals surface area contributed by atoms with Gasteiger partial charge in [-0.25, -0.2) is 4.79 Å². The second kappa shape index (κ2) is 8.18. The maximum atomic E-state index is 12.2. The first-order valence-electron chi connectivity index (χ1n) is 8.13. The van der Waals surface area contributed by atoms with Crippen molar-refractivity contribution >= 4 is 38.8 Å². The number of hydrogen-bond donors (Lipinski definition) is 0. The molecule has 0 saturated carbocycles. The van der Waals surface area contributed by atoms with Crippen LogP contribution in [-0.4, -0.2) is 30.4 Å². The molecule has 0 radical (unpaired) electrons. The van der Waals surface area contributed by atoms with Crippen molar-refractivity contribution in [3.8, 4) is 0 Å². The van der Waals surface area contributed by atoms with E-state index in [9.17, 15) is 14.4 Å². The first kappa shape index (κ1) is 18.8. The van der Waals surface area contributed by atoms with Gasteiger partial charge in [0, 0.05) is 24.1 Å². The number of esters is 1. The molecular weight excluding hydrogens is 414 g/mol. The average molecular weight is 430 g/mol. The number of carbonyl (C=O) groups is 2. The van der Waals surface area contributed by atoms with Crippen LogP contribution in [0.5, 0.6) is 0 Å². The van der Waals surface area contributed by atoms with E-state index in [0.29, 0.717) is 11.9 Å². The van der Waals surface area contributed by atoms with E-state index in [2.05, 4.69) is 15.9 Å². The highest BCUT2D eigenvalue weighted by Gasteiger charge is 2.17. The minimum absolute atomic E-state index is 0.236. The lowest BCUT2D eigenvalue weighted by Gasteiger charge is -2.18. The molecule has 3 aromatic rings. The molecule has 138 valence electrons. The van der Waals surface area contributed by atoms with Gasteiger partial charge in [0.15, 0.2) is 12.0 Å². The molecule has 6 nitrogen and oxygen atoms in total. The predicted molar refractivity (Wildman–Crippen MR) is 103 cm³/mol. The molecule has 7 heteroatoms. The van der Waals surface area contributed by atoms with Crippen LogP contribution < -0.4 is 5.43 Å². The molecule has 0 atom stereocenters. The lowest BCUT2D eigenvalue weighted by molar-refractivity contribution is -0.133. The van der Waals surface area contributed by atoms with Gasteiger partial charge in [-0.15, -0.1) is 0 Å².